The second-order valence-corrected chi connectivity index (χ2v) is 7.97. The van der Waals surface area contributed by atoms with Gasteiger partial charge in [-0.3, -0.25) is 9.59 Å². The fraction of sp³-hybridized carbons (Fsp3) is 0.417. The highest BCUT2D eigenvalue weighted by Crippen LogP contribution is 2.30. The molecule has 1 aliphatic heterocycles. The number of ketones is 1. The molecule has 0 bridgehead atoms. The van der Waals surface area contributed by atoms with Gasteiger partial charge in [0.1, 0.15) is 5.60 Å². The van der Waals surface area contributed by atoms with Crippen molar-refractivity contribution in [2.45, 2.75) is 43.9 Å². The maximum atomic E-state index is 12.9. The smallest absolute Gasteiger partial charge is 0.237 e. The van der Waals surface area contributed by atoms with E-state index in [1.165, 1.54) is 0 Å². The lowest BCUT2D eigenvalue weighted by Crippen LogP contribution is -2.52. The quantitative estimate of drug-likeness (QED) is 0.533. The van der Waals surface area contributed by atoms with Crippen LogP contribution in [0.4, 0.5) is 0 Å². The van der Waals surface area contributed by atoms with Crippen molar-refractivity contribution in [1.82, 2.24) is 5.32 Å². The number of hydrogen-bond acceptors (Lipinski definition) is 6. The van der Waals surface area contributed by atoms with Gasteiger partial charge in [-0.1, -0.05) is 36.4 Å². The summed E-state index contributed by atoms with van der Waals surface area (Å²) in [7, 11) is 3.12. The topological polar surface area (TPSA) is 103 Å². The molecule has 0 aliphatic carbocycles. The summed E-state index contributed by atoms with van der Waals surface area (Å²) in [5.74, 6) is 0.691. The van der Waals surface area contributed by atoms with Gasteiger partial charge in [-0.15, -0.1) is 0 Å². The van der Waals surface area contributed by atoms with Crippen molar-refractivity contribution in [3.8, 4) is 11.5 Å². The molecule has 0 spiro atoms. The van der Waals surface area contributed by atoms with E-state index in [2.05, 4.69) is 5.32 Å². The van der Waals surface area contributed by atoms with Gasteiger partial charge in [-0.25, -0.2) is 0 Å². The first-order valence-electron chi connectivity index (χ1n) is 10.4. The number of hydrogen-bond donors (Lipinski definition) is 2. The summed E-state index contributed by atoms with van der Waals surface area (Å²) in [5.41, 5.74) is 7.29. The molecule has 1 heterocycles. The first-order chi connectivity index (χ1) is 14.9. The highest BCUT2D eigenvalue weighted by Gasteiger charge is 2.50. The molecule has 0 unspecified atom stereocenters. The lowest BCUT2D eigenvalue weighted by molar-refractivity contribution is -0.131. The van der Waals surface area contributed by atoms with Crippen LogP contribution in [0.3, 0.4) is 0 Å². The molecule has 0 radical (unpaired) electrons. The third-order valence-electron chi connectivity index (χ3n) is 5.54. The van der Waals surface area contributed by atoms with Crippen LogP contribution in [0.5, 0.6) is 11.5 Å². The highest BCUT2D eigenvalue weighted by atomic mass is 16.6. The predicted octanol–water partition coefficient (Wildman–Crippen LogP) is 2.05. The highest BCUT2D eigenvalue weighted by molar-refractivity contribution is 5.97. The second kappa shape index (κ2) is 9.94. The van der Waals surface area contributed by atoms with Gasteiger partial charge in [0.25, 0.3) is 0 Å². The number of amides is 1. The number of rotatable bonds is 11. The predicted molar refractivity (Wildman–Crippen MR) is 117 cm³/mol. The number of nitrogens with one attached hydrogen (secondary N) is 1. The Morgan fingerprint density at radius 1 is 1.10 bits per heavy atom. The fourth-order valence-corrected chi connectivity index (χ4v) is 3.48. The summed E-state index contributed by atoms with van der Waals surface area (Å²) in [6, 6.07) is 13.8. The molecule has 7 heteroatoms. The molecule has 1 aliphatic rings. The summed E-state index contributed by atoms with van der Waals surface area (Å²) in [4.78, 5) is 25.7. The van der Waals surface area contributed by atoms with E-state index in [1.54, 1.807) is 33.3 Å². The molecule has 0 aromatic heterocycles. The second-order valence-electron chi connectivity index (χ2n) is 7.97. The van der Waals surface area contributed by atoms with Gasteiger partial charge >= 0.3 is 0 Å². The molecule has 7 nitrogen and oxygen atoms in total. The molecule has 31 heavy (non-hydrogen) atoms. The lowest BCUT2D eigenvalue weighted by atomic mass is 9.94. The lowest BCUT2D eigenvalue weighted by Gasteiger charge is -2.22. The third-order valence-corrected chi connectivity index (χ3v) is 5.54. The zero-order valence-electron chi connectivity index (χ0n) is 18.2. The summed E-state index contributed by atoms with van der Waals surface area (Å²) >= 11 is 0. The molecule has 3 atom stereocenters. The Kier molecular flexibility index (Phi) is 7.30. The van der Waals surface area contributed by atoms with E-state index in [0.29, 0.717) is 37.4 Å². The van der Waals surface area contributed by atoms with E-state index in [9.17, 15) is 9.59 Å². The summed E-state index contributed by atoms with van der Waals surface area (Å²) in [5, 5.41) is 2.86. The van der Waals surface area contributed by atoms with Crippen molar-refractivity contribution in [2.75, 3.05) is 20.8 Å². The van der Waals surface area contributed by atoms with E-state index >= 15 is 0 Å². The maximum Gasteiger partial charge on any atom is 0.237 e. The summed E-state index contributed by atoms with van der Waals surface area (Å²) < 4.78 is 15.9. The van der Waals surface area contributed by atoms with Crippen molar-refractivity contribution in [3.05, 3.63) is 59.7 Å². The minimum absolute atomic E-state index is 0.116. The van der Waals surface area contributed by atoms with Crippen molar-refractivity contribution < 1.29 is 23.8 Å². The molecule has 3 rings (SSSR count). The Bertz CT molecular complexity index is 911. The molecule has 1 saturated heterocycles. The number of methoxy groups -OCH3 is 2. The third kappa shape index (κ3) is 5.83. The van der Waals surface area contributed by atoms with E-state index < -0.39 is 17.7 Å². The number of carbonyl (C=O) groups is 2. The molecule has 3 N–H and O–H groups in total. The first-order valence-corrected chi connectivity index (χ1v) is 10.4. The van der Waals surface area contributed by atoms with Crippen molar-refractivity contribution >= 4 is 11.7 Å². The number of epoxide rings is 1. The van der Waals surface area contributed by atoms with Gasteiger partial charge in [0.2, 0.25) is 5.91 Å². The van der Waals surface area contributed by atoms with E-state index in [0.717, 1.165) is 11.1 Å². The Morgan fingerprint density at radius 3 is 2.39 bits per heavy atom. The SMILES string of the molecule is COc1ccc(C[C@H](N)C(=O)N[C@@H](CCc2ccccc2)C(=O)[C@@]2(C)CO2)cc1OC. The van der Waals surface area contributed by atoms with E-state index in [1.807, 2.05) is 36.4 Å². The van der Waals surface area contributed by atoms with E-state index in [-0.39, 0.29) is 11.7 Å². The number of aryl methyl sites for hydroxylation is 1. The summed E-state index contributed by atoms with van der Waals surface area (Å²) in [6.07, 6.45) is 1.45. The van der Waals surface area contributed by atoms with Gasteiger partial charge in [0.15, 0.2) is 17.3 Å². The zero-order chi connectivity index (χ0) is 22.4. The Balaban J connectivity index is 1.65. The van der Waals surface area contributed by atoms with Crippen LogP contribution in [0.1, 0.15) is 24.5 Å². The first kappa shape index (κ1) is 22.8. The van der Waals surface area contributed by atoms with Crippen LogP contribution in [-0.4, -0.2) is 50.2 Å². The largest absolute Gasteiger partial charge is 0.493 e. The number of benzene rings is 2. The Labute approximate surface area is 182 Å². The molecule has 166 valence electrons. The van der Waals surface area contributed by atoms with Crippen LogP contribution >= 0.6 is 0 Å². The van der Waals surface area contributed by atoms with Crippen LogP contribution in [-0.2, 0) is 27.2 Å². The van der Waals surface area contributed by atoms with Crippen molar-refractivity contribution in [3.63, 3.8) is 0 Å². The maximum absolute atomic E-state index is 12.9. The Hall–Kier alpha value is -2.90. The van der Waals surface area contributed by atoms with E-state index in [4.69, 9.17) is 19.9 Å². The fourth-order valence-electron chi connectivity index (χ4n) is 3.48. The number of ether oxygens (including phenoxy) is 3. The molecule has 1 amide bonds. The zero-order valence-corrected chi connectivity index (χ0v) is 18.2. The van der Waals surface area contributed by atoms with Gasteiger partial charge in [-0.05, 0) is 49.4 Å². The molecule has 0 saturated carbocycles. The van der Waals surface area contributed by atoms with Gasteiger partial charge in [-0.2, -0.15) is 0 Å². The number of nitrogens with two attached hydrogens (primary N) is 1. The standard InChI is InChI=1S/C24H30N2O5/c1-24(15-31-24)22(27)19(11-9-16-7-5-4-6-8-16)26-23(28)18(25)13-17-10-12-20(29-2)21(14-17)30-3/h4-8,10,12,14,18-19H,9,11,13,15,25H2,1-3H3,(H,26,28)/t18-,19-,24+/m0/s1. The minimum atomic E-state index is -0.817. The number of Topliss-reactive ketones (excluding diaryl/α,β-unsaturated/α-hetero) is 1. The number of carbonyl (C=O) groups excluding carboxylic acids is 2. The van der Waals surface area contributed by atoms with Gasteiger partial charge < -0.3 is 25.3 Å². The molecule has 2 aromatic carbocycles. The molecule has 1 fully saturated rings. The van der Waals surface area contributed by atoms with Crippen LogP contribution in [0, 0.1) is 0 Å². The van der Waals surface area contributed by atoms with Crippen LogP contribution < -0.4 is 20.5 Å². The monoisotopic (exact) mass is 426 g/mol. The van der Waals surface area contributed by atoms with Gasteiger partial charge in [0.05, 0.1) is 32.9 Å². The minimum Gasteiger partial charge on any atom is -0.493 e. The van der Waals surface area contributed by atoms with Crippen molar-refractivity contribution in [1.29, 1.82) is 0 Å². The average Bonchev–Trinajstić information content (AvgIpc) is 3.54. The molecular weight excluding hydrogens is 396 g/mol. The molecule has 2 aromatic rings. The molecular formula is C24H30N2O5. The average molecular weight is 427 g/mol. The Morgan fingerprint density at radius 2 is 1.77 bits per heavy atom. The summed E-state index contributed by atoms with van der Waals surface area (Å²) in [6.45, 7) is 2.13. The normalized spacial score (nSPS) is 19.2. The van der Waals surface area contributed by atoms with Crippen LogP contribution in [0.15, 0.2) is 48.5 Å². The van der Waals surface area contributed by atoms with Crippen LogP contribution in [0.25, 0.3) is 0 Å². The van der Waals surface area contributed by atoms with Crippen molar-refractivity contribution in [2.24, 2.45) is 5.73 Å². The van der Waals surface area contributed by atoms with Gasteiger partial charge in [0, 0.05) is 0 Å². The van der Waals surface area contributed by atoms with Crippen LogP contribution in [0.2, 0.25) is 0 Å².